The smallest absolute Gasteiger partial charge is 0.300 e. The average Bonchev–Trinajstić information content (AvgIpc) is 2.77. The molecule has 1 aromatic heterocycles. The number of oxazole rings is 1. The van der Waals surface area contributed by atoms with E-state index in [0.717, 1.165) is 0 Å². The van der Waals surface area contributed by atoms with Crippen molar-refractivity contribution in [3.63, 3.8) is 0 Å². The second-order valence-electron chi connectivity index (χ2n) is 3.96. The number of hydrogen-bond donors (Lipinski definition) is 2. The van der Waals surface area contributed by atoms with Crippen molar-refractivity contribution in [1.82, 2.24) is 4.98 Å². The van der Waals surface area contributed by atoms with E-state index in [0.29, 0.717) is 22.5 Å². The van der Waals surface area contributed by atoms with Crippen LogP contribution in [0.25, 0.3) is 11.1 Å². The molecule has 96 valence electrons. The lowest BCUT2D eigenvalue weighted by Crippen LogP contribution is -1.92. The van der Waals surface area contributed by atoms with E-state index in [4.69, 9.17) is 21.8 Å². The van der Waals surface area contributed by atoms with Crippen molar-refractivity contribution < 1.29 is 8.81 Å². The minimum atomic E-state index is -0.405. The average molecular weight is 278 g/mol. The fourth-order valence-corrected chi connectivity index (χ4v) is 1.94. The zero-order valence-corrected chi connectivity index (χ0v) is 10.4. The van der Waals surface area contributed by atoms with Crippen molar-refractivity contribution in [1.29, 1.82) is 0 Å². The number of hydrogen-bond acceptors (Lipinski definition) is 4. The van der Waals surface area contributed by atoms with Gasteiger partial charge in [0.2, 0.25) is 0 Å². The number of nitrogens with one attached hydrogen (secondary N) is 1. The Balaban J connectivity index is 1.99. The summed E-state index contributed by atoms with van der Waals surface area (Å²) in [5.41, 5.74) is 7.96. The number of nitrogen functional groups attached to an aromatic ring is 1. The summed E-state index contributed by atoms with van der Waals surface area (Å²) in [6.45, 7) is 0. The maximum Gasteiger partial charge on any atom is 0.300 e. The Morgan fingerprint density at radius 2 is 2.11 bits per heavy atom. The molecule has 0 bridgehead atoms. The number of fused-ring (bicyclic) bond motifs is 1. The summed E-state index contributed by atoms with van der Waals surface area (Å²) in [6, 6.07) is 9.54. The molecular weight excluding hydrogens is 269 g/mol. The van der Waals surface area contributed by atoms with Gasteiger partial charge >= 0.3 is 0 Å². The van der Waals surface area contributed by atoms with E-state index in [-0.39, 0.29) is 11.0 Å². The maximum atomic E-state index is 12.9. The molecule has 0 atom stereocenters. The van der Waals surface area contributed by atoms with Crippen LogP contribution in [0.1, 0.15) is 0 Å². The third-order valence-corrected chi connectivity index (χ3v) is 2.94. The number of nitrogens with two attached hydrogens (primary N) is 1. The van der Waals surface area contributed by atoms with Crippen LogP contribution in [-0.4, -0.2) is 4.98 Å². The van der Waals surface area contributed by atoms with Crippen molar-refractivity contribution in [2.24, 2.45) is 0 Å². The number of para-hydroxylation sites is 1. The third kappa shape index (κ3) is 2.20. The minimum absolute atomic E-state index is 0.246. The molecule has 0 saturated carbocycles. The molecule has 0 radical (unpaired) electrons. The number of rotatable bonds is 2. The summed E-state index contributed by atoms with van der Waals surface area (Å²) < 4.78 is 18.4. The number of nitrogens with zero attached hydrogens (tertiary/aromatic N) is 1. The molecule has 0 saturated heterocycles. The summed E-state index contributed by atoms with van der Waals surface area (Å²) >= 11 is 5.91. The van der Waals surface area contributed by atoms with E-state index in [1.165, 1.54) is 18.2 Å². The lowest BCUT2D eigenvalue weighted by molar-refractivity contribution is 0.621. The molecule has 0 aliphatic heterocycles. The highest BCUT2D eigenvalue weighted by atomic mass is 35.5. The Labute approximate surface area is 113 Å². The summed E-state index contributed by atoms with van der Waals surface area (Å²) in [7, 11) is 0. The molecule has 3 rings (SSSR count). The number of anilines is 3. The van der Waals surface area contributed by atoms with Crippen LogP contribution in [0.15, 0.2) is 40.8 Å². The van der Waals surface area contributed by atoms with Crippen molar-refractivity contribution >= 4 is 40.1 Å². The van der Waals surface area contributed by atoms with Crippen LogP contribution in [0.4, 0.5) is 21.8 Å². The monoisotopic (exact) mass is 277 g/mol. The van der Waals surface area contributed by atoms with Gasteiger partial charge in [-0.3, -0.25) is 0 Å². The zero-order valence-electron chi connectivity index (χ0n) is 9.65. The predicted molar refractivity (Wildman–Crippen MR) is 73.1 cm³/mol. The highest BCUT2D eigenvalue weighted by Crippen LogP contribution is 2.29. The summed E-state index contributed by atoms with van der Waals surface area (Å²) in [5.74, 6) is -0.405. The Kier molecular flexibility index (Phi) is 2.76. The highest BCUT2D eigenvalue weighted by Gasteiger charge is 2.10. The Morgan fingerprint density at radius 1 is 1.26 bits per heavy atom. The molecule has 0 unspecified atom stereocenters. The fraction of sp³-hybridized carbons (Fsp3) is 0. The Morgan fingerprint density at radius 3 is 2.84 bits per heavy atom. The van der Waals surface area contributed by atoms with E-state index >= 15 is 0 Å². The molecular formula is C13H9ClFN3O. The van der Waals surface area contributed by atoms with Gasteiger partial charge in [0.1, 0.15) is 11.3 Å². The first kappa shape index (κ1) is 11.8. The van der Waals surface area contributed by atoms with Crippen molar-refractivity contribution in [2.75, 3.05) is 11.1 Å². The fourth-order valence-electron chi connectivity index (χ4n) is 1.73. The molecule has 0 amide bonds. The molecule has 19 heavy (non-hydrogen) atoms. The first-order chi connectivity index (χ1) is 9.13. The van der Waals surface area contributed by atoms with Crippen LogP contribution in [0.3, 0.4) is 0 Å². The third-order valence-electron chi connectivity index (χ3n) is 2.62. The van der Waals surface area contributed by atoms with E-state index in [1.54, 1.807) is 18.2 Å². The summed E-state index contributed by atoms with van der Waals surface area (Å²) in [6.07, 6.45) is 0. The molecule has 2 aromatic carbocycles. The van der Waals surface area contributed by atoms with Gasteiger partial charge in [0.15, 0.2) is 5.58 Å². The second-order valence-corrected chi connectivity index (χ2v) is 4.37. The Hall–Kier alpha value is -2.27. The van der Waals surface area contributed by atoms with E-state index < -0.39 is 5.82 Å². The largest absolute Gasteiger partial charge is 0.423 e. The quantitative estimate of drug-likeness (QED) is 0.696. The van der Waals surface area contributed by atoms with Gasteiger partial charge in [0.25, 0.3) is 6.01 Å². The van der Waals surface area contributed by atoms with Gasteiger partial charge in [-0.2, -0.15) is 4.98 Å². The number of benzene rings is 2. The van der Waals surface area contributed by atoms with Gasteiger partial charge in [-0.25, -0.2) is 4.39 Å². The number of halogens is 2. The van der Waals surface area contributed by atoms with E-state index in [2.05, 4.69) is 10.3 Å². The minimum Gasteiger partial charge on any atom is -0.423 e. The standard InChI is InChI=1S/C13H9ClFN3O/c14-8-6-7(15)4-5-10(8)17-13-18-12-9(16)2-1-3-11(12)19-13/h1-6H,16H2,(H,17,18). The van der Waals surface area contributed by atoms with Gasteiger partial charge in [-0.05, 0) is 30.3 Å². The molecule has 0 spiro atoms. The molecule has 0 fully saturated rings. The van der Waals surface area contributed by atoms with Crippen LogP contribution < -0.4 is 11.1 Å². The molecule has 1 heterocycles. The van der Waals surface area contributed by atoms with Crippen LogP contribution in [0.2, 0.25) is 5.02 Å². The zero-order chi connectivity index (χ0) is 13.4. The summed E-state index contributed by atoms with van der Waals surface area (Å²) in [5, 5.41) is 3.13. The van der Waals surface area contributed by atoms with E-state index in [9.17, 15) is 4.39 Å². The van der Waals surface area contributed by atoms with Gasteiger partial charge in [0, 0.05) is 0 Å². The lowest BCUT2D eigenvalue weighted by atomic mass is 10.3. The molecule has 4 nitrogen and oxygen atoms in total. The van der Waals surface area contributed by atoms with Gasteiger partial charge in [-0.15, -0.1) is 0 Å². The molecule has 0 aliphatic carbocycles. The molecule has 0 aliphatic rings. The Bertz CT molecular complexity index is 757. The van der Waals surface area contributed by atoms with Crippen molar-refractivity contribution in [3.05, 3.63) is 47.2 Å². The van der Waals surface area contributed by atoms with Gasteiger partial charge < -0.3 is 15.5 Å². The maximum absolute atomic E-state index is 12.9. The predicted octanol–water partition coefficient (Wildman–Crippen LogP) is 3.95. The van der Waals surface area contributed by atoms with Crippen LogP contribution in [-0.2, 0) is 0 Å². The van der Waals surface area contributed by atoms with Crippen molar-refractivity contribution in [2.45, 2.75) is 0 Å². The van der Waals surface area contributed by atoms with Gasteiger partial charge in [-0.1, -0.05) is 17.7 Å². The van der Waals surface area contributed by atoms with Gasteiger partial charge in [0.05, 0.1) is 16.4 Å². The first-order valence-corrected chi connectivity index (χ1v) is 5.88. The number of aromatic nitrogens is 1. The topological polar surface area (TPSA) is 64.1 Å². The molecule has 3 N–H and O–H groups in total. The first-order valence-electron chi connectivity index (χ1n) is 5.50. The second kappa shape index (κ2) is 4.44. The molecule has 6 heteroatoms. The van der Waals surface area contributed by atoms with Crippen LogP contribution >= 0.6 is 11.6 Å². The van der Waals surface area contributed by atoms with E-state index in [1.807, 2.05) is 0 Å². The van der Waals surface area contributed by atoms with Crippen LogP contribution in [0, 0.1) is 5.82 Å². The SMILES string of the molecule is Nc1cccc2oc(Nc3ccc(F)cc3Cl)nc12. The summed E-state index contributed by atoms with van der Waals surface area (Å²) in [4.78, 5) is 4.22. The lowest BCUT2D eigenvalue weighted by Gasteiger charge is -2.03. The normalized spacial score (nSPS) is 10.8. The molecule has 3 aromatic rings. The highest BCUT2D eigenvalue weighted by molar-refractivity contribution is 6.33. The van der Waals surface area contributed by atoms with Crippen LogP contribution in [0.5, 0.6) is 0 Å². The van der Waals surface area contributed by atoms with Crippen molar-refractivity contribution in [3.8, 4) is 0 Å².